The summed E-state index contributed by atoms with van der Waals surface area (Å²) >= 11 is 1.63. The summed E-state index contributed by atoms with van der Waals surface area (Å²) < 4.78 is 0. The van der Waals surface area contributed by atoms with Crippen LogP contribution in [0.5, 0.6) is 0 Å². The van der Waals surface area contributed by atoms with Crippen molar-refractivity contribution in [2.45, 2.75) is 32.6 Å². The van der Waals surface area contributed by atoms with E-state index >= 15 is 0 Å². The lowest BCUT2D eigenvalue weighted by atomic mass is 10.0. The van der Waals surface area contributed by atoms with Crippen LogP contribution in [0.3, 0.4) is 0 Å². The van der Waals surface area contributed by atoms with Gasteiger partial charge in [0.2, 0.25) is 0 Å². The molecule has 2 rings (SSSR count). The van der Waals surface area contributed by atoms with Crippen molar-refractivity contribution in [3.05, 3.63) is 40.2 Å². The Bertz CT molecular complexity index is 547. The normalized spacial score (nSPS) is 10.6. The summed E-state index contributed by atoms with van der Waals surface area (Å²) in [5, 5.41) is 11.7. The Hall–Kier alpha value is -1.66. The Morgan fingerprint density at radius 3 is 2.61 bits per heavy atom. The number of rotatable bonds is 4. The number of thiazole rings is 1. The third-order valence-electron chi connectivity index (χ3n) is 2.88. The largest absolute Gasteiger partial charge is 0.241 e. The second-order valence-electron chi connectivity index (χ2n) is 4.56. The predicted molar refractivity (Wildman–Crippen MR) is 75.6 cm³/mol. The molecule has 1 aromatic carbocycles. The number of hydrogen-bond acceptors (Lipinski definition) is 3. The molecule has 0 saturated heterocycles. The van der Waals surface area contributed by atoms with Crippen molar-refractivity contribution >= 4 is 11.3 Å². The van der Waals surface area contributed by atoms with Crippen LogP contribution in [-0.4, -0.2) is 4.98 Å². The van der Waals surface area contributed by atoms with Gasteiger partial charge in [0.15, 0.2) is 0 Å². The highest BCUT2D eigenvalue weighted by molar-refractivity contribution is 7.09. The monoisotopic (exact) mass is 256 g/mol. The summed E-state index contributed by atoms with van der Waals surface area (Å²) in [5.74, 6) is 0.556. The standard InChI is InChI=1S/C15H16N2S/c1-11(2)12-5-7-13(8-6-12)14-10-18-15(17-14)4-3-9-16/h5-8,10-11H,3-4H2,1-2H3. The Kier molecular flexibility index (Phi) is 4.11. The highest BCUT2D eigenvalue weighted by atomic mass is 32.1. The van der Waals surface area contributed by atoms with Gasteiger partial charge in [0.25, 0.3) is 0 Å². The van der Waals surface area contributed by atoms with Gasteiger partial charge in [-0.1, -0.05) is 38.1 Å². The third kappa shape index (κ3) is 2.96. The second-order valence-corrected chi connectivity index (χ2v) is 5.50. The molecule has 92 valence electrons. The van der Waals surface area contributed by atoms with Gasteiger partial charge >= 0.3 is 0 Å². The van der Waals surface area contributed by atoms with Crippen molar-refractivity contribution in [1.29, 1.82) is 5.26 Å². The molecule has 1 aromatic heterocycles. The molecule has 0 N–H and O–H groups in total. The molecule has 0 bridgehead atoms. The van der Waals surface area contributed by atoms with Gasteiger partial charge in [-0.15, -0.1) is 11.3 Å². The quantitative estimate of drug-likeness (QED) is 0.813. The van der Waals surface area contributed by atoms with Crippen LogP contribution in [0.1, 0.15) is 36.8 Å². The first kappa shape index (κ1) is 12.8. The third-order valence-corrected chi connectivity index (χ3v) is 3.78. The van der Waals surface area contributed by atoms with Crippen molar-refractivity contribution in [2.24, 2.45) is 0 Å². The molecule has 0 aliphatic carbocycles. The van der Waals surface area contributed by atoms with Crippen LogP contribution >= 0.6 is 11.3 Å². The molecule has 0 fully saturated rings. The maximum Gasteiger partial charge on any atom is 0.0942 e. The lowest BCUT2D eigenvalue weighted by Gasteiger charge is -2.05. The van der Waals surface area contributed by atoms with Crippen molar-refractivity contribution < 1.29 is 0 Å². The number of nitrogens with zero attached hydrogens (tertiary/aromatic N) is 2. The topological polar surface area (TPSA) is 36.7 Å². The fraction of sp³-hybridized carbons (Fsp3) is 0.333. The summed E-state index contributed by atoms with van der Waals surface area (Å²) in [6.45, 7) is 4.38. The van der Waals surface area contributed by atoms with Gasteiger partial charge in [-0.25, -0.2) is 4.98 Å². The molecule has 0 unspecified atom stereocenters. The zero-order valence-corrected chi connectivity index (χ0v) is 11.5. The molecule has 1 heterocycles. The van der Waals surface area contributed by atoms with Crippen LogP contribution < -0.4 is 0 Å². The van der Waals surface area contributed by atoms with Gasteiger partial charge in [-0.3, -0.25) is 0 Å². The fourth-order valence-electron chi connectivity index (χ4n) is 1.76. The molecule has 2 aromatic rings. The molecular formula is C15H16N2S. The SMILES string of the molecule is CC(C)c1ccc(-c2csc(CCC#N)n2)cc1. The molecule has 0 atom stereocenters. The number of aryl methyl sites for hydroxylation is 1. The number of hydrogen-bond donors (Lipinski definition) is 0. The minimum atomic E-state index is 0.541. The van der Waals surface area contributed by atoms with E-state index in [-0.39, 0.29) is 0 Å². The van der Waals surface area contributed by atoms with Crippen molar-refractivity contribution in [3.63, 3.8) is 0 Å². The van der Waals surface area contributed by atoms with Crippen molar-refractivity contribution in [2.75, 3.05) is 0 Å². The lowest BCUT2D eigenvalue weighted by Crippen LogP contribution is -1.87. The summed E-state index contributed by atoms with van der Waals surface area (Å²) in [7, 11) is 0. The first-order valence-electron chi connectivity index (χ1n) is 6.12. The van der Waals surface area contributed by atoms with Gasteiger partial charge in [-0.05, 0) is 11.5 Å². The summed E-state index contributed by atoms with van der Waals surface area (Å²) in [4.78, 5) is 4.56. The molecular weight excluding hydrogens is 240 g/mol. The smallest absolute Gasteiger partial charge is 0.0942 e. The fourth-order valence-corrected chi connectivity index (χ4v) is 2.57. The minimum absolute atomic E-state index is 0.541. The minimum Gasteiger partial charge on any atom is -0.241 e. The first-order chi connectivity index (χ1) is 8.70. The summed E-state index contributed by atoms with van der Waals surface area (Å²) in [6, 6.07) is 10.7. The number of nitriles is 1. The predicted octanol–water partition coefficient (Wildman–Crippen LogP) is 4.39. The van der Waals surface area contributed by atoms with E-state index in [0.29, 0.717) is 12.3 Å². The number of aromatic nitrogens is 1. The van der Waals surface area contributed by atoms with Gasteiger partial charge < -0.3 is 0 Å². The van der Waals surface area contributed by atoms with E-state index in [0.717, 1.165) is 22.7 Å². The molecule has 0 spiro atoms. The van der Waals surface area contributed by atoms with Crippen LogP contribution in [0.15, 0.2) is 29.6 Å². The molecule has 0 radical (unpaired) electrons. The maximum absolute atomic E-state index is 8.56. The highest BCUT2D eigenvalue weighted by Crippen LogP contribution is 2.24. The Balaban J connectivity index is 2.16. The van der Waals surface area contributed by atoms with E-state index in [1.54, 1.807) is 11.3 Å². The van der Waals surface area contributed by atoms with Crippen molar-refractivity contribution in [1.82, 2.24) is 4.98 Å². The van der Waals surface area contributed by atoms with Gasteiger partial charge in [0.05, 0.1) is 16.8 Å². The van der Waals surface area contributed by atoms with E-state index < -0.39 is 0 Å². The zero-order chi connectivity index (χ0) is 13.0. The second kappa shape index (κ2) is 5.79. The van der Waals surface area contributed by atoms with Crippen molar-refractivity contribution in [3.8, 4) is 17.3 Å². The van der Waals surface area contributed by atoms with Crippen LogP contribution in [0.2, 0.25) is 0 Å². The zero-order valence-electron chi connectivity index (χ0n) is 10.7. The van der Waals surface area contributed by atoms with E-state index in [2.05, 4.69) is 54.5 Å². The first-order valence-corrected chi connectivity index (χ1v) is 7.00. The average molecular weight is 256 g/mol. The molecule has 0 aliphatic heterocycles. The van der Waals surface area contributed by atoms with Crippen LogP contribution in [0.4, 0.5) is 0 Å². The molecule has 3 heteroatoms. The molecule has 0 amide bonds. The molecule has 0 aliphatic rings. The molecule has 18 heavy (non-hydrogen) atoms. The molecule has 0 saturated carbocycles. The summed E-state index contributed by atoms with van der Waals surface area (Å²) in [5.41, 5.74) is 3.51. The Morgan fingerprint density at radius 1 is 1.28 bits per heavy atom. The van der Waals surface area contributed by atoms with Crippen LogP contribution in [-0.2, 0) is 6.42 Å². The van der Waals surface area contributed by atoms with E-state index in [9.17, 15) is 0 Å². The highest BCUT2D eigenvalue weighted by Gasteiger charge is 2.05. The van der Waals surface area contributed by atoms with Gasteiger partial charge in [0, 0.05) is 23.8 Å². The number of benzene rings is 1. The van der Waals surface area contributed by atoms with Gasteiger partial charge in [-0.2, -0.15) is 5.26 Å². The van der Waals surface area contributed by atoms with Crippen LogP contribution in [0, 0.1) is 11.3 Å². The van der Waals surface area contributed by atoms with Gasteiger partial charge in [0.1, 0.15) is 0 Å². The molecule has 2 nitrogen and oxygen atoms in total. The van der Waals surface area contributed by atoms with E-state index in [1.807, 2.05) is 0 Å². The average Bonchev–Trinajstić information content (AvgIpc) is 2.85. The lowest BCUT2D eigenvalue weighted by molar-refractivity contribution is 0.867. The maximum atomic E-state index is 8.56. The Morgan fingerprint density at radius 2 is 2.00 bits per heavy atom. The van der Waals surface area contributed by atoms with Crippen LogP contribution in [0.25, 0.3) is 11.3 Å². The Labute approximate surface area is 112 Å². The summed E-state index contributed by atoms with van der Waals surface area (Å²) in [6.07, 6.45) is 1.30. The van der Waals surface area contributed by atoms with E-state index in [4.69, 9.17) is 5.26 Å². The van der Waals surface area contributed by atoms with E-state index in [1.165, 1.54) is 5.56 Å².